The van der Waals surface area contributed by atoms with E-state index in [-0.39, 0.29) is 11.9 Å². The fraction of sp³-hybridized carbons (Fsp3) is 0.448. The van der Waals surface area contributed by atoms with Gasteiger partial charge >= 0.3 is 0 Å². The van der Waals surface area contributed by atoms with Gasteiger partial charge in [0.05, 0.1) is 21.0 Å². The molecule has 190 valence electrons. The molecule has 0 N–H and O–H groups in total. The molecule has 0 bridgehead atoms. The van der Waals surface area contributed by atoms with Crippen molar-refractivity contribution in [3.05, 3.63) is 68.5 Å². The van der Waals surface area contributed by atoms with Crippen LogP contribution in [-0.2, 0) is 11.4 Å². The molecule has 0 radical (unpaired) electrons. The zero-order valence-corrected chi connectivity index (χ0v) is 22.8. The Hall–Kier alpha value is -1.95. The van der Waals surface area contributed by atoms with Crippen LogP contribution in [0, 0.1) is 0 Å². The summed E-state index contributed by atoms with van der Waals surface area (Å²) in [6.07, 6.45) is 13.7. The molecule has 1 amide bonds. The van der Waals surface area contributed by atoms with Crippen molar-refractivity contribution in [1.29, 1.82) is 0 Å². The summed E-state index contributed by atoms with van der Waals surface area (Å²) in [5.41, 5.74) is 1.82. The summed E-state index contributed by atoms with van der Waals surface area (Å²) in [6, 6.07) is 13.9. The Morgan fingerprint density at radius 3 is 2.42 bits per heavy atom. The van der Waals surface area contributed by atoms with Crippen molar-refractivity contribution in [1.82, 2.24) is 4.90 Å². The van der Waals surface area contributed by atoms with Crippen molar-refractivity contribution >= 4 is 52.1 Å². The summed E-state index contributed by atoms with van der Waals surface area (Å²) >= 11 is 13.7. The summed E-state index contributed by atoms with van der Waals surface area (Å²) < 4.78 is 6.14. The molecular weight excluding hydrogens is 511 g/mol. The molecule has 2 aromatic rings. The second-order valence-corrected chi connectivity index (χ2v) is 11.7. The fourth-order valence-corrected chi connectivity index (χ4v) is 6.69. The Balaban J connectivity index is 1.39. The van der Waals surface area contributed by atoms with E-state index in [1.807, 2.05) is 47.4 Å². The van der Waals surface area contributed by atoms with E-state index >= 15 is 0 Å². The minimum Gasteiger partial charge on any atom is -0.488 e. The molecule has 3 aliphatic rings. The smallest absolute Gasteiger partial charge is 0.267 e. The molecule has 1 aliphatic heterocycles. The lowest BCUT2D eigenvalue weighted by atomic mass is 9.94. The topological polar surface area (TPSA) is 41.9 Å². The van der Waals surface area contributed by atoms with Crippen LogP contribution in [0.15, 0.2) is 52.4 Å². The monoisotopic (exact) mass is 542 g/mol. The van der Waals surface area contributed by atoms with E-state index in [0.717, 1.165) is 52.6 Å². The van der Waals surface area contributed by atoms with Crippen LogP contribution in [0.3, 0.4) is 0 Å². The number of halogens is 2. The van der Waals surface area contributed by atoms with Crippen LogP contribution >= 0.6 is 35.0 Å². The molecule has 0 unspecified atom stereocenters. The largest absolute Gasteiger partial charge is 0.488 e. The molecule has 36 heavy (non-hydrogen) atoms. The number of para-hydroxylation sites is 1. The molecular formula is C29H32Cl2N2O2S. The van der Waals surface area contributed by atoms with Gasteiger partial charge in [0, 0.05) is 11.6 Å². The zero-order valence-electron chi connectivity index (χ0n) is 20.4. The van der Waals surface area contributed by atoms with Gasteiger partial charge in [0.15, 0.2) is 5.17 Å². The third-order valence-corrected chi connectivity index (χ3v) is 8.96. The molecule has 1 saturated heterocycles. The predicted molar refractivity (Wildman–Crippen MR) is 151 cm³/mol. The van der Waals surface area contributed by atoms with Crippen LogP contribution < -0.4 is 4.74 Å². The minimum absolute atomic E-state index is 0.0840. The number of carbonyl (C=O) groups is 1. The molecule has 4 nitrogen and oxygen atoms in total. The van der Waals surface area contributed by atoms with E-state index in [2.05, 4.69) is 0 Å². The molecule has 0 aromatic heterocycles. The van der Waals surface area contributed by atoms with Crippen LogP contribution in [0.25, 0.3) is 6.08 Å². The first-order chi connectivity index (χ1) is 17.6. The van der Waals surface area contributed by atoms with Gasteiger partial charge in [0.25, 0.3) is 5.91 Å². The van der Waals surface area contributed by atoms with Gasteiger partial charge in [-0.2, -0.15) is 0 Å². The average Bonchev–Trinajstić information content (AvgIpc) is 3.20. The normalized spacial score (nSPS) is 22.1. The number of hydrogen-bond donors (Lipinski definition) is 0. The number of ether oxygens (including phenoxy) is 1. The number of amides is 1. The molecule has 0 spiro atoms. The number of benzene rings is 2. The van der Waals surface area contributed by atoms with E-state index < -0.39 is 0 Å². The Morgan fingerprint density at radius 1 is 0.944 bits per heavy atom. The highest BCUT2D eigenvalue weighted by Crippen LogP contribution is 2.39. The van der Waals surface area contributed by atoms with Gasteiger partial charge in [-0.3, -0.25) is 14.7 Å². The molecule has 0 atom stereocenters. The second kappa shape index (κ2) is 12.1. The van der Waals surface area contributed by atoms with Crippen molar-refractivity contribution in [2.45, 2.75) is 82.9 Å². The van der Waals surface area contributed by atoms with Crippen LogP contribution in [0.4, 0.5) is 0 Å². The first-order valence-corrected chi connectivity index (χ1v) is 14.6. The van der Waals surface area contributed by atoms with Gasteiger partial charge in [-0.1, -0.05) is 86.0 Å². The SMILES string of the molecule is O=C1C(=Cc2ccccc2OCc2ccc(Cl)c(Cl)c2)SC(=NC2CCCCC2)N1C1CCCCC1. The maximum Gasteiger partial charge on any atom is 0.267 e. The lowest BCUT2D eigenvalue weighted by molar-refractivity contribution is -0.124. The number of thioether (sulfide) groups is 1. The Labute approximate surface area is 228 Å². The summed E-state index contributed by atoms with van der Waals surface area (Å²) in [5, 5.41) is 1.93. The van der Waals surface area contributed by atoms with Gasteiger partial charge in [-0.05, 0) is 67.3 Å². The Bertz CT molecular complexity index is 1150. The molecule has 5 rings (SSSR count). The number of amidine groups is 1. The Morgan fingerprint density at radius 2 is 1.67 bits per heavy atom. The lowest BCUT2D eigenvalue weighted by Gasteiger charge is -2.31. The lowest BCUT2D eigenvalue weighted by Crippen LogP contribution is -2.41. The van der Waals surface area contributed by atoms with Crippen LogP contribution in [0.2, 0.25) is 10.0 Å². The van der Waals surface area contributed by atoms with Crippen molar-refractivity contribution < 1.29 is 9.53 Å². The first kappa shape index (κ1) is 25.7. The van der Waals surface area contributed by atoms with Crippen LogP contribution in [0.5, 0.6) is 5.75 Å². The molecule has 2 aliphatic carbocycles. The number of aliphatic imine (C=N–C) groups is 1. The van der Waals surface area contributed by atoms with Gasteiger partial charge in [0.2, 0.25) is 0 Å². The van der Waals surface area contributed by atoms with E-state index in [1.165, 1.54) is 50.3 Å². The van der Waals surface area contributed by atoms with Crippen molar-refractivity contribution in [3.8, 4) is 5.75 Å². The van der Waals surface area contributed by atoms with Gasteiger partial charge in [0.1, 0.15) is 12.4 Å². The van der Waals surface area contributed by atoms with Crippen LogP contribution in [-0.4, -0.2) is 28.1 Å². The van der Waals surface area contributed by atoms with Gasteiger partial charge in [-0.25, -0.2) is 0 Å². The fourth-order valence-electron chi connectivity index (χ4n) is 5.27. The second-order valence-electron chi connectivity index (χ2n) is 9.86. The number of carbonyl (C=O) groups excluding carboxylic acids is 1. The molecule has 2 aromatic carbocycles. The maximum atomic E-state index is 13.7. The summed E-state index contributed by atoms with van der Waals surface area (Å²) in [6.45, 7) is 0.362. The van der Waals surface area contributed by atoms with Crippen LogP contribution in [0.1, 0.15) is 75.3 Å². The molecule has 7 heteroatoms. The van der Waals surface area contributed by atoms with E-state index in [1.54, 1.807) is 6.07 Å². The van der Waals surface area contributed by atoms with E-state index in [9.17, 15) is 4.79 Å². The number of rotatable bonds is 6. The highest BCUT2D eigenvalue weighted by Gasteiger charge is 2.39. The minimum atomic E-state index is 0.0840. The molecule has 1 heterocycles. The predicted octanol–water partition coefficient (Wildman–Crippen LogP) is 8.51. The molecule has 2 saturated carbocycles. The first-order valence-electron chi connectivity index (χ1n) is 13.0. The third kappa shape index (κ3) is 6.12. The average molecular weight is 544 g/mol. The third-order valence-electron chi connectivity index (χ3n) is 7.23. The van der Waals surface area contributed by atoms with Crippen molar-refractivity contribution in [2.24, 2.45) is 4.99 Å². The number of nitrogens with zero attached hydrogens (tertiary/aromatic N) is 2. The summed E-state index contributed by atoms with van der Waals surface area (Å²) in [5.74, 6) is 0.812. The summed E-state index contributed by atoms with van der Waals surface area (Å²) in [4.78, 5) is 21.6. The standard InChI is InChI=1S/C29H32Cl2N2O2S/c30-24-16-15-20(17-25(24)31)19-35-26-14-8-7-9-21(26)18-27-28(34)33(23-12-5-2-6-13-23)29(36-27)32-22-10-3-1-4-11-22/h7-9,14-18,22-23H,1-6,10-13,19H2. The highest BCUT2D eigenvalue weighted by atomic mass is 35.5. The van der Waals surface area contributed by atoms with Crippen molar-refractivity contribution in [2.75, 3.05) is 0 Å². The quantitative estimate of drug-likeness (QED) is 0.343. The van der Waals surface area contributed by atoms with Crippen molar-refractivity contribution in [3.63, 3.8) is 0 Å². The maximum absolute atomic E-state index is 13.7. The Kier molecular flexibility index (Phi) is 8.61. The van der Waals surface area contributed by atoms with E-state index in [4.69, 9.17) is 32.9 Å². The summed E-state index contributed by atoms with van der Waals surface area (Å²) in [7, 11) is 0. The van der Waals surface area contributed by atoms with Gasteiger partial charge < -0.3 is 4.74 Å². The number of hydrogen-bond acceptors (Lipinski definition) is 4. The molecule has 3 fully saturated rings. The zero-order chi connectivity index (χ0) is 24.9. The highest BCUT2D eigenvalue weighted by molar-refractivity contribution is 8.18. The van der Waals surface area contributed by atoms with E-state index in [0.29, 0.717) is 22.7 Å². The van der Waals surface area contributed by atoms with Gasteiger partial charge in [-0.15, -0.1) is 0 Å².